The minimum Gasteiger partial charge on any atom is -0.331 e. The summed E-state index contributed by atoms with van der Waals surface area (Å²) in [6.45, 7) is 3.78. The third kappa shape index (κ3) is 3.44. The minimum absolute atomic E-state index is 0.294. The first-order chi connectivity index (χ1) is 9.07. The van der Waals surface area contributed by atoms with E-state index in [9.17, 15) is 12.8 Å². The van der Waals surface area contributed by atoms with Crippen LogP contribution in [0.4, 0.5) is 4.39 Å². The molecule has 0 fully saturated rings. The molecule has 0 saturated heterocycles. The number of rotatable bonds is 4. The van der Waals surface area contributed by atoms with E-state index in [0.29, 0.717) is 22.3 Å². The smallest absolute Gasteiger partial charge is 0.209 e. The van der Waals surface area contributed by atoms with Crippen molar-refractivity contribution in [3.8, 4) is 0 Å². The van der Waals surface area contributed by atoms with Crippen LogP contribution in [0.25, 0.3) is 11.0 Å². The van der Waals surface area contributed by atoms with Crippen molar-refractivity contribution in [2.75, 3.05) is 6.26 Å². The van der Waals surface area contributed by atoms with Gasteiger partial charge in [-0.25, -0.2) is 17.5 Å². The standard InChI is InChI=1S/C12H16FN3O2S2/c1-12(2,15-20(3,17)18)7-16-10-6-8(13)4-5-9(10)14-11(16)19/h4-6,15H,7H2,1-3H3,(H,14,19). The number of aromatic amines is 1. The van der Waals surface area contributed by atoms with Crippen LogP contribution < -0.4 is 4.72 Å². The molecule has 0 aliphatic heterocycles. The second kappa shape index (κ2) is 4.94. The zero-order valence-corrected chi connectivity index (χ0v) is 13.0. The number of nitrogens with one attached hydrogen (secondary N) is 2. The van der Waals surface area contributed by atoms with Gasteiger partial charge in [0, 0.05) is 12.1 Å². The molecule has 0 atom stereocenters. The van der Waals surface area contributed by atoms with Crippen molar-refractivity contribution in [1.82, 2.24) is 14.3 Å². The molecule has 0 saturated carbocycles. The molecular weight excluding hydrogens is 301 g/mol. The van der Waals surface area contributed by atoms with Gasteiger partial charge in [-0.05, 0) is 44.3 Å². The lowest BCUT2D eigenvalue weighted by molar-refractivity contribution is 0.394. The van der Waals surface area contributed by atoms with Crippen molar-refractivity contribution in [2.24, 2.45) is 0 Å². The average Bonchev–Trinajstić information content (AvgIpc) is 2.52. The summed E-state index contributed by atoms with van der Waals surface area (Å²) in [4.78, 5) is 2.97. The van der Waals surface area contributed by atoms with E-state index in [-0.39, 0.29) is 5.82 Å². The van der Waals surface area contributed by atoms with Gasteiger partial charge in [0.15, 0.2) is 4.77 Å². The van der Waals surface area contributed by atoms with Gasteiger partial charge in [0.05, 0.1) is 17.3 Å². The van der Waals surface area contributed by atoms with Gasteiger partial charge in [0.2, 0.25) is 10.0 Å². The van der Waals surface area contributed by atoms with E-state index < -0.39 is 15.6 Å². The normalized spacial score (nSPS) is 13.0. The largest absolute Gasteiger partial charge is 0.331 e. The predicted octanol–water partition coefficient (Wildman–Crippen LogP) is 2.17. The fourth-order valence-corrected chi connectivity index (χ4v) is 3.55. The maximum absolute atomic E-state index is 13.4. The summed E-state index contributed by atoms with van der Waals surface area (Å²) < 4.78 is 40.7. The van der Waals surface area contributed by atoms with E-state index in [4.69, 9.17) is 12.2 Å². The summed E-state index contributed by atoms with van der Waals surface area (Å²) in [7, 11) is -3.34. The number of imidazole rings is 1. The van der Waals surface area contributed by atoms with E-state index in [0.717, 1.165) is 6.26 Å². The van der Waals surface area contributed by atoms with Crippen LogP contribution in [0.2, 0.25) is 0 Å². The maximum Gasteiger partial charge on any atom is 0.209 e. The Balaban J connectivity index is 2.46. The van der Waals surface area contributed by atoms with Crippen molar-refractivity contribution < 1.29 is 12.8 Å². The highest BCUT2D eigenvalue weighted by molar-refractivity contribution is 7.88. The number of hydrogen-bond acceptors (Lipinski definition) is 3. The number of aromatic nitrogens is 2. The maximum atomic E-state index is 13.4. The molecule has 1 heterocycles. The lowest BCUT2D eigenvalue weighted by Crippen LogP contribution is -2.46. The molecular formula is C12H16FN3O2S2. The van der Waals surface area contributed by atoms with Gasteiger partial charge in [0.25, 0.3) is 0 Å². The highest BCUT2D eigenvalue weighted by Gasteiger charge is 2.24. The third-order valence-electron chi connectivity index (χ3n) is 2.75. The van der Waals surface area contributed by atoms with E-state index in [2.05, 4.69) is 9.71 Å². The SMILES string of the molecule is CC(C)(Cn1c(=S)[nH]c2ccc(F)cc21)NS(C)(=O)=O. The monoisotopic (exact) mass is 317 g/mol. The molecule has 0 aliphatic carbocycles. The van der Waals surface area contributed by atoms with Crippen molar-refractivity contribution in [3.05, 3.63) is 28.8 Å². The second-order valence-electron chi connectivity index (χ2n) is 5.44. The summed E-state index contributed by atoms with van der Waals surface area (Å²) in [5.41, 5.74) is 0.581. The second-order valence-corrected chi connectivity index (χ2v) is 7.57. The molecule has 0 spiro atoms. The Labute approximate surface area is 121 Å². The Morgan fingerprint density at radius 3 is 2.70 bits per heavy atom. The van der Waals surface area contributed by atoms with Crippen molar-refractivity contribution in [2.45, 2.75) is 25.9 Å². The average molecular weight is 317 g/mol. The zero-order chi connectivity index (χ0) is 15.1. The van der Waals surface area contributed by atoms with E-state index >= 15 is 0 Å². The van der Waals surface area contributed by atoms with Crippen LogP contribution in [0, 0.1) is 10.6 Å². The predicted molar refractivity (Wildman–Crippen MR) is 79.1 cm³/mol. The van der Waals surface area contributed by atoms with E-state index in [1.807, 2.05) is 0 Å². The number of nitrogens with zero attached hydrogens (tertiary/aromatic N) is 1. The van der Waals surface area contributed by atoms with Gasteiger partial charge in [-0.15, -0.1) is 0 Å². The summed E-state index contributed by atoms with van der Waals surface area (Å²) in [6.07, 6.45) is 1.10. The summed E-state index contributed by atoms with van der Waals surface area (Å²) in [5.74, 6) is -0.367. The number of hydrogen-bond donors (Lipinski definition) is 2. The van der Waals surface area contributed by atoms with Crippen LogP contribution in [-0.2, 0) is 16.6 Å². The van der Waals surface area contributed by atoms with Crippen molar-refractivity contribution in [3.63, 3.8) is 0 Å². The van der Waals surface area contributed by atoms with Crippen molar-refractivity contribution in [1.29, 1.82) is 0 Å². The van der Waals surface area contributed by atoms with Crippen LogP contribution in [0.3, 0.4) is 0 Å². The number of benzene rings is 1. The van der Waals surface area contributed by atoms with Gasteiger partial charge >= 0.3 is 0 Å². The summed E-state index contributed by atoms with van der Waals surface area (Å²) in [5, 5.41) is 0. The first-order valence-corrected chi connectivity index (χ1v) is 8.24. The Morgan fingerprint density at radius 1 is 1.45 bits per heavy atom. The molecule has 2 aromatic rings. The molecule has 0 unspecified atom stereocenters. The summed E-state index contributed by atoms with van der Waals surface area (Å²) >= 11 is 5.21. The third-order valence-corrected chi connectivity index (χ3v) is 4.00. The van der Waals surface area contributed by atoms with Gasteiger partial charge in [-0.1, -0.05) is 0 Å². The van der Waals surface area contributed by atoms with Gasteiger partial charge in [-0.2, -0.15) is 0 Å². The molecule has 8 heteroatoms. The number of halogens is 1. The molecule has 5 nitrogen and oxygen atoms in total. The number of sulfonamides is 1. The Kier molecular flexibility index (Phi) is 3.74. The van der Waals surface area contributed by atoms with Crippen LogP contribution in [0.1, 0.15) is 13.8 Å². The fraction of sp³-hybridized carbons (Fsp3) is 0.417. The van der Waals surface area contributed by atoms with Crippen LogP contribution in [0.15, 0.2) is 18.2 Å². The molecule has 1 aromatic heterocycles. The molecule has 0 bridgehead atoms. The van der Waals surface area contributed by atoms with E-state index in [1.54, 1.807) is 24.5 Å². The molecule has 2 rings (SSSR count). The molecule has 20 heavy (non-hydrogen) atoms. The van der Waals surface area contributed by atoms with E-state index in [1.165, 1.54) is 12.1 Å². The molecule has 2 N–H and O–H groups in total. The molecule has 1 aromatic carbocycles. The van der Waals surface area contributed by atoms with Gasteiger partial charge in [-0.3, -0.25) is 0 Å². The zero-order valence-electron chi connectivity index (χ0n) is 11.4. The molecule has 0 aliphatic rings. The van der Waals surface area contributed by atoms with Crippen molar-refractivity contribution >= 4 is 33.3 Å². The lowest BCUT2D eigenvalue weighted by Gasteiger charge is -2.25. The minimum atomic E-state index is -3.34. The Hall–Kier alpha value is -1.25. The molecule has 0 amide bonds. The highest BCUT2D eigenvalue weighted by Crippen LogP contribution is 2.18. The quantitative estimate of drug-likeness (QED) is 0.849. The van der Waals surface area contributed by atoms with Crippen LogP contribution in [-0.4, -0.2) is 29.8 Å². The van der Waals surface area contributed by atoms with Gasteiger partial charge < -0.3 is 9.55 Å². The number of H-pyrrole nitrogens is 1. The molecule has 0 radical (unpaired) electrons. The Morgan fingerprint density at radius 2 is 2.10 bits per heavy atom. The Bertz CT molecular complexity index is 806. The summed E-state index contributed by atoms with van der Waals surface area (Å²) in [6, 6.07) is 4.32. The fourth-order valence-electron chi connectivity index (χ4n) is 2.21. The first-order valence-electron chi connectivity index (χ1n) is 5.94. The first kappa shape index (κ1) is 15.1. The van der Waals surface area contributed by atoms with Crippen LogP contribution in [0.5, 0.6) is 0 Å². The lowest BCUT2D eigenvalue weighted by atomic mass is 10.1. The number of fused-ring (bicyclic) bond motifs is 1. The van der Waals surface area contributed by atoms with Crippen LogP contribution >= 0.6 is 12.2 Å². The van der Waals surface area contributed by atoms with Gasteiger partial charge in [0.1, 0.15) is 5.82 Å². The highest BCUT2D eigenvalue weighted by atomic mass is 32.2. The topological polar surface area (TPSA) is 66.9 Å². The molecule has 110 valence electrons.